The number of halogens is 2. The Labute approximate surface area is 127 Å². The van der Waals surface area contributed by atoms with E-state index in [1.54, 1.807) is 19.1 Å². The molecule has 0 aliphatic heterocycles. The zero-order valence-corrected chi connectivity index (χ0v) is 12.8. The van der Waals surface area contributed by atoms with Crippen LogP contribution < -0.4 is 5.56 Å². The molecule has 2 aromatic heterocycles. The SMILES string of the molecule is Cc1noc2c(Br)nn(Cc3ccc(Cl)cc3)c(=O)c12. The first-order valence-electron chi connectivity index (χ1n) is 5.83. The number of hydrogen-bond acceptors (Lipinski definition) is 4. The van der Waals surface area contributed by atoms with Gasteiger partial charge < -0.3 is 4.52 Å². The fourth-order valence-corrected chi connectivity index (χ4v) is 2.55. The highest BCUT2D eigenvalue weighted by atomic mass is 79.9. The van der Waals surface area contributed by atoms with Crippen molar-refractivity contribution in [2.24, 2.45) is 0 Å². The van der Waals surface area contributed by atoms with Crippen molar-refractivity contribution in [3.63, 3.8) is 0 Å². The highest BCUT2D eigenvalue weighted by Gasteiger charge is 2.16. The summed E-state index contributed by atoms with van der Waals surface area (Å²) in [5.74, 6) is 0. The zero-order valence-electron chi connectivity index (χ0n) is 10.4. The molecule has 0 saturated carbocycles. The molecule has 2 heterocycles. The van der Waals surface area contributed by atoms with Gasteiger partial charge in [0.1, 0.15) is 5.39 Å². The second-order valence-corrected chi connectivity index (χ2v) is 5.54. The number of nitrogens with zero attached hydrogens (tertiary/aromatic N) is 3. The van der Waals surface area contributed by atoms with Gasteiger partial charge >= 0.3 is 0 Å². The average molecular weight is 355 g/mol. The van der Waals surface area contributed by atoms with Crippen LogP contribution in [-0.2, 0) is 6.54 Å². The summed E-state index contributed by atoms with van der Waals surface area (Å²) in [4.78, 5) is 12.4. The number of aromatic nitrogens is 3. The van der Waals surface area contributed by atoms with Crippen LogP contribution in [0.15, 0.2) is 38.2 Å². The van der Waals surface area contributed by atoms with Crippen LogP contribution in [0.25, 0.3) is 11.0 Å². The van der Waals surface area contributed by atoms with Gasteiger partial charge in [-0.25, -0.2) is 4.68 Å². The van der Waals surface area contributed by atoms with Gasteiger partial charge in [0.05, 0.1) is 12.2 Å². The van der Waals surface area contributed by atoms with Crippen LogP contribution in [0.1, 0.15) is 11.3 Å². The first-order chi connectivity index (χ1) is 9.56. The van der Waals surface area contributed by atoms with Crippen molar-refractivity contribution in [3.05, 3.63) is 55.5 Å². The van der Waals surface area contributed by atoms with Crippen LogP contribution in [-0.4, -0.2) is 14.9 Å². The van der Waals surface area contributed by atoms with E-state index >= 15 is 0 Å². The molecule has 3 rings (SSSR count). The normalized spacial score (nSPS) is 11.2. The minimum Gasteiger partial charge on any atom is -0.353 e. The van der Waals surface area contributed by atoms with Gasteiger partial charge in [0.2, 0.25) is 5.58 Å². The fourth-order valence-electron chi connectivity index (χ4n) is 1.96. The fraction of sp³-hybridized carbons (Fsp3) is 0.154. The summed E-state index contributed by atoms with van der Waals surface area (Å²) < 4.78 is 6.93. The Hall–Kier alpha value is -1.66. The van der Waals surface area contributed by atoms with Crippen LogP contribution in [0.3, 0.4) is 0 Å². The summed E-state index contributed by atoms with van der Waals surface area (Å²) in [5.41, 5.74) is 1.64. The van der Waals surface area contributed by atoms with Crippen molar-refractivity contribution in [2.45, 2.75) is 13.5 Å². The lowest BCUT2D eigenvalue weighted by atomic mass is 10.2. The maximum absolute atomic E-state index is 12.4. The maximum Gasteiger partial charge on any atom is 0.280 e. The molecule has 0 amide bonds. The van der Waals surface area contributed by atoms with E-state index < -0.39 is 0 Å². The van der Waals surface area contributed by atoms with Gasteiger partial charge in [0.15, 0.2) is 4.60 Å². The first kappa shape index (κ1) is 13.3. The van der Waals surface area contributed by atoms with Gasteiger partial charge in [0.25, 0.3) is 5.56 Å². The Bertz CT molecular complexity index is 839. The molecule has 1 aromatic carbocycles. The first-order valence-corrected chi connectivity index (χ1v) is 7.00. The number of benzene rings is 1. The summed E-state index contributed by atoms with van der Waals surface area (Å²) in [6.45, 7) is 2.08. The predicted molar refractivity (Wildman–Crippen MR) is 79.1 cm³/mol. The molecule has 0 saturated heterocycles. The van der Waals surface area contributed by atoms with Crippen LogP contribution in [0, 0.1) is 6.92 Å². The van der Waals surface area contributed by atoms with Gasteiger partial charge in [-0.3, -0.25) is 4.79 Å². The lowest BCUT2D eigenvalue weighted by Crippen LogP contribution is -2.24. The molecule has 0 atom stereocenters. The number of hydrogen-bond donors (Lipinski definition) is 0. The smallest absolute Gasteiger partial charge is 0.280 e. The van der Waals surface area contributed by atoms with Gasteiger partial charge in [-0.15, -0.1) is 0 Å². The highest BCUT2D eigenvalue weighted by Crippen LogP contribution is 2.21. The largest absolute Gasteiger partial charge is 0.353 e. The molecule has 0 aliphatic rings. The minimum atomic E-state index is -0.225. The monoisotopic (exact) mass is 353 g/mol. The highest BCUT2D eigenvalue weighted by molar-refractivity contribution is 9.10. The summed E-state index contributed by atoms with van der Waals surface area (Å²) in [6.07, 6.45) is 0. The van der Waals surface area contributed by atoms with E-state index in [0.717, 1.165) is 5.56 Å². The zero-order chi connectivity index (χ0) is 14.3. The molecule has 0 bridgehead atoms. The third kappa shape index (κ3) is 2.25. The Balaban J connectivity index is 2.12. The molecule has 0 N–H and O–H groups in total. The van der Waals surface area contributed by atoms with Crippen molar-refractivity contribution in [1.29, 1.82) is 0 Å². The predicted octanol–water partition coefficient (Wildman–Crippen LogP) is 3.16. The summed E-state index contributed by atoms with van der Waals surface area (Å²) in [5, 5.41) is 9.09. The van der Waals surface area contributed by atoms with Gasteiger partial charge in [0, 0.05) is 5.02 Å². The Morgan fingerprint density at radius 1 is 1.35 bits per heavy atom. The lowest BCUT2D eigenvalue weighted by Gasteiger charge is -2.05. The third-order valence-corrected chi connectivity index (χ3v) is 3.72. The topological polar surface area (TPSA) is 60.9 Å². The average Bonchev–Trinajstić information content (AvgIpc) is 2.81. The number of aryl methyl sites for hydroxylation is 1. The van der Waals surface area contributed by atoms with Crippen molar-refractivity contribution in [1.82, 2.24) is 14.9 Å². The van der Waals surface area contributed by atoms with Crippen LogP contribution in [0.5, 0.6) is 0 Å². The molecular weight excluding hydrogens is 346 g/mol. The molecule has 0 spiro atoms. The third-order valence-electron chi connectivity index (χ3n) is 2.95. The van der Waals surface area contributed by atoms with Crippen molar-refractivity contribution < 1.29 is 4.52 Å². The maximum atomic E-state index is 12.4. The molecule has 0 unspecified atom stereocenters. The molecule has 102 valence electrons. The standard InChI is InChI=1S/C13H9BrClN3O2/c1-7-10-11(20-17-7)12(14)16-18(13(10)19)6-8-2-4-9(15)5-3-8/h2-5H,6H2,1H3. The molecule has 20 heavy (non-hydrogen) atoms. The lowest BCUT2D eigenvalue weighted by molar-refractivity contribution is 0.446. The Morgan fingerprint density at radius 3 is 2.75 bits per heavy atom. The summed E-state index contributed by atoms with van der Waals surface area (Å²) in [6, 6.07) is 7.27. The Kier molecular flexibility index (Phi) is 3.35. The van der Waals surface area contributed by atoms with Crippen molar-refractivity contribution >= 4 is 38.5 Å². The molecule has 3 aromatic rings. The molecule has 0 fully saturated rings. The van der Waals surface area contributed by atoms with Crippen LogP contribution in [0.4, 0.5) is 0 Å². The quantitative estimate of drug-likeness (QED) is 0.709. The van der Waals surface area contributed by atoms with E-state index in [2.05, 4.69) is 26.2 Å². The van der Waals surface area contributed by atoms with E-state index in [1.165, 1.54) is 4.68 Å². The summed E-state index contributed by atoms with van der Waals surface area (Å²) in [7, 11) is 0. The van der Waals surface area contributed by atoms with E-state index in [1.807, 2.05) is 12.1 Å². The molecular formula is C13H9BrClN3O2. The van der Waals surface area contributed by atoms with Gasteiger partial charge in [-0.2, -0.15) is 5.10 Å². The van der Waals surface area contributed by atoms with E-state index in [4.69, 9.17) is 16.1 Å². The van der Waals surface area contributed by atoms with E-state index in [0.29, 0.717) is 32.8 Å². The van der Waals surface area contributed by atoms with Crippen molar-refractivity contribution in [3.8, 4) is 0 Å². The van der Waals surface area contributed by atoms with E-state index in [-0.39, 0.29) is 5.56 Å². The van der Waals surface area contributed by atoms with Gasteiger partial charge in [-0.1, -0.05) is 28.9 Å². The second kappa shape index (κ2) is 5.03. The number of fused-ring (bicyclic) bond motifs is 1. The number of rotatable bonds is 2. The van der Waals surface area contributed by atoms with E-state index in [9.17, 15) is 4.79 Å². The molecule has 5 nitrogen and oxygen atoms in total. The van der Waals surface area contributed by atoms with Gasteiger partial charge in [-0.05, 0) is 40.5 Å². The molecule has 7 heteroatoms. The molecule has 0 radical (unpaired) electrons. The Morgan fingerprint density at radius 2 is 2.05 bits per heavy atom. The van der Waals surface area contributed by atoms with Crippen LogP contribution >= 0.6 is 27.5 Å². The van der Waals surface area contributed by atoms with Crippen molar-refractivity contribution in [2.75, 3.05) is 0 Å². The second-order valence-electron chi connectivity index (χ2n) is 4.35. The summed E-state index contributed by atoms with van der Waals surface area (Å²) >= 11 is 9.14. The minimum absolute atomic E-state index is 0.225. The molecule has 0 aliphatic carbocycles. The van der Waals surface area contributed by atoms with Crippen LogP contribution in [0.2, 0.25) is 5.02 Å².